The van der Waals surface area contributed by atoms with E-state index in [1.165, 1.54) is 11.3 Å². The van der Waals surface area contributed by atoms with Gasteiger partial charge in [-0.25, -0.2) is 9.97 Å². The summed E-state index contributed by atoms with van der Waals surface area (Å²) >= 11 is 1.44. The van der Waals surface area contributed by atoms with Gasteiger partial charge in [-0.15, -0.1) is 37.7 Å². The summed E-state index contributed by atoms with van der Waals surface area (Å²) in [6, 6.07) is 2.33. The van der Waals surface area contributed by atoms with E-state index in [0.29, 0.717) is 16.3 Å². The molecule has 1 aliphatic carbocycles. The minimum atomic E-state index is -5.13. The third kappa shape index (κ3) is 7.35. The van der Waals surface area contributed by atoms with Crippen LogP contribution in [0.3, 0.4) is 0 Å². The molecule has 0 spiro atoms. The van der Waals surface area contributed by atoms with E-state index in [-0.39, 0.29) is 30.4 Å². The Labute approximate surface area is 209 Å². The van der Waals surface area contributed by atoms with Gasteiger partial charge < -0.3 is 29.4 Å². The van der Waals surface area contributed by atoms with Crippen molar-refractivity contribution in [3.05, 3.63) is 40.0 Å². The van der Waals surface area contributed by atoms with Crippen LogP contribution in [0.15, 0.2) is 18.2 Å². The monoisotopic (exact) mass is 550 g/mol. The van der Waals surface area contributed by atoms with Crippen LogP contribution in [0.2, 0.25) is 0 Å². The molecule has 1 N–H and O–H groups in total. The van der Waals surface area contributed by atoms with Gasteiger partial charge in [0.25, 0.3) is 0 Å². The zero-order chi connectivity index (χ0) is 26.8. The number of nitrogens with zero attached hydrogens (tertiary/aromatic N) is 2. The number of benzene rings is 1. The molecule has 2 aromatic heterocycles. The van der Waals surface area contributed by atoms with Crippen LogP contribution in [0.1, 0.15) is 34.7 Å². The van der Waals surface area contributed by atoms with Gasteiger partial charge in [-0.05, 0) is 48.9 Å². The van der Waals surface area contributed by atoms with Crippen LogP contribution in [0, 0.1) is 0 Å². The number of carboxylic acid groups (broad SMARTS) is 1. The Bertz CT molecular complexity index is 1260. The fraction of sp³-hybridized carbons (Fsp3) is 0.409. The van der Waals surface area contributed by atoms with Crippen LogP contribution >= 0.6 is 11.3 Å². The van der Waals surface area contributed by atoms with Crippen molar-refractivity contribution >= 4 is 33.3 Å². The summed E-state index contributed by atoms with van der Waals surface area (Å²) in [5.41, 5.74) is 1.01. The lowest BCUT2D eigenvalue weighted by Gasteiger charge is -2.16. The molecular formula is C22H18F6N3O5S-. The van der Waals surface area contributed by atoms with E-state index in [9.17, 15) is 36.2 Å². The summed E-state index contributed by atoms with van der Waals surface area (Å²) in [4.78, 5) is 21.2. The smallest absolute Gasteiger partial charge is 0.548 e. The van der Waals surface area contributed by atoms with Crippen molar-refractivity contribution < 1.29 is 50.5 Å². The molecule has 0 fully saturated rings. The predicted octanol–water partition coefficient (Wildman–Crippen LogP) is 4.25. The van der Waals surface area contributed by atoms with Gasteiger partial charge in [0, 0.05) is 17.5 Å². The molecule has 0 unspecified atom stereocenters. The third-order valence-corrected chi connectivity index (χ3v) is 6.36. The summed E-state index contributed by atoms with van der Waals surface area (Å²) in [5.74, 6) is -2.77. The first kappa shape index (κ1) is 26.7. The molecular weight excluding hydrogens is 532 g/mol. The number of fused-ring (bicyclic) bond motifs is 3. The average Bonchev–Trinajstić information content (AvgIpc) is 3.13. The number of hydrogen-bond acceptors (Lipinski definition) is 9. The van der Waals surface area contributed by atoms with Crippen LogP contribution in [-0.2, 0) is 35.5 Å². The normalized spacial score (nSPS) is 13.9. The number of carboxylic acids is 1. The van der Waals surface area contributed by atoms with Crippen molar-refractivity contribution in [2.75, 3.05) is 11.9 Å². The SMILES string of the molecule is O=C([O-])COCc1nc(NCc2cc(OC(F)(F)F)cc(OC(F)(F)F)c2)c2c3c(sc2n1)CCCC3. The summed E-state index contributed by atoms with van der Waals surface area (Å²) in [6.07, 6.45) is -6.74. The number of aliphatic carboxylic acids is 1. The first-order chi connectivity index (χ1) is 17.4. The fourth-order valence-corrected chi connectivity index (χ4v) is 5.20. The number of halogens is 6. The molecule has 0 saturated heterocycles. The zero-order valence-electron chi connectivity index (χ0n) is 18.8. The predicted molar refractivity (Wildman–Crippen MR) is 116 cm³/mol. The molecule has 1 aliphatic rings. The van der Waals surface area contributed by atoms with Crippen molar-refractivity contribution in [1.29, 1.82) is 0 Å². The van der Waals surface area contributed by atoms with E-state index in [1.54, 1.807) is 0 Å². The minimum absolute atomic E-state index is 0.00777. The van der Waals surface area contributed by atoms with E-state index in [1.807, 2.05) is 0 Å². The standard InChI is InChI=1S/C22H19F6N3O5S/c23-21(24,25)35-12-5-11(6-13(7-12)36-22(26,27)28)8-29-19-18-14-3-1-2-4-15(14)37-20(18)31-16(30-19)9-34-10-17(32)33/h5-7H,1-4,8-10H2,(H,32,33)(H,29,30,31)/p-1. The van der Waals surface area contributed by atoms with Gasteiger partial charge in [-0.2, -0.15) is 0 Å². The van der Waals surface area contributed by atoms with E-state index >= 15 is 0 Å². The highest BCUT2D eigenvalue weighted by atomic mass is 32.1. The quantitative estimate of drug-likeness (QED) is 0.395. The number of aryl methyl sites for hydroxylation is 2. The second-order valence-corrected chi connectivity index (χ2v) is 9.09. The third-order valence-electron chi connectivity index (χ3n) is 5.18. The van der Waals surface area contributed by atoms with Gasteiger partial charge in [0.15, 0.2) is 5.82 Å². The number of nitrogens with one attached hydrogen (secondary N) is 1. The highest BCUT2D eigenvalue weighted by molar-refractivity contribution is 7.19. The second kappa shape index (κ2) is 10.6. The van der Waals surface area contributed by atoms with Gasteiger partial charge in [0.2, 0.25) is 0 Å². The maximum Gasteiger partial charge on any atom is 0.573 e. The molecule has 0 bridgehead atoms. The maximum atomic E-state index is 12.7. The molecule has 37 heavy (non-hydrogen) atoms. The van der Waals surface area contributed by atoms with Crippen molar-refractivity contribution in [2.24, 2.45) is 0 Å². The number of carbonyl (C=O) groups excluding carboxylic acids is 1. The first-order valence-corrected chi connectivity index (χ1v) is 11.7. The molecule has 0 amide bonds. The Hall–Kier alpha value is -3.33. The number of hydrogen-bond donors (Lipinski definition) is 1. The Morgan fingerprint density at radius 1 is 1.00 bits per heavy atom. The topological polar surface area (TPSA) is 106 Å². The van der Waals surface area contributed by atoms with E-state index in [2.05, 4.69) is 24.8 Å². The minimum Gasteiger partial charge on any atom is -0.548 e. The number of anilines is 1. The summed E-state index contributed by atoms with van der Waals surface area (Å²) in [7, 11) is 0. The number of carbonyl (C=O) groups is 1. The first-order valence-electron chi connectivity index (χ1n) is 10.8. The van der Waals surface area contributed by atoms with Crippen molar-refractivity contribution in [2.45, 2.75) is 51.6 Å². The lowest BCUT2D eigenvalue weighted by molar-refractivity contribution is -0.310. The largest absolute Gasteiger partial charge is 0.573 e. The van der Waals surface area contributed by atoms with Crippen molar-refractivity contribution in [3.8, 4) is 11.5 Å². The van der Waals surface area contributed by atoms with Crippen LogP contribution in [0.4, 0.5) is 32.2 Å². The van der Waals surface area contributed by atoms with Gasteiger partial charge in [0.1, 0.15) is 28.8 Å². The molecule has 0 saturated carbocycles. The Kier molecular flexibility index (Phi) is 7.64. The molecule has 0 radical (unpaired) electrons. The number of ether oxygens (including phenoxy) is 3. The molecule has 0 atom stereocenters. The second-order valence-electron chi connectivity index (χ2n) is 8.01. The fourth-order valence-electron chi connectivity index (χ4n) is 3.92. The molecule has 0 aliphatic heterocycles. The summed E-state index contributed by atoms with van der Waals surface area (Å²) in [6.45, 7) is -1.17. The summed E-state index contributed by atoms with van der Waals surface area (Å²) in [5, 5.41) is 14.3. The molecule has 200 valence electrons. The van der Waals surface area contributed by atoms with Gasteiger partial charge in [0.05, 0.1) is 18.0 Å². The zero-order valence-corrected chi connectivity index (χ0v) is 19.6. The number of rotatable bonds is 9. The molecule has 15 heteroatoms. The van der Waals surface area contributed by atoms with Gasteiger partial charge in [-0.3, -0.25) is 0 Å². The molecule has 4 rings (SSSR count). The van der Waals surface area contributed by atoms with Gasteiger partial charge in [-0.1, -0.05) is 0 Å². The molecule has 1 aromatic carbocycles. The highest BCUT2D eigenvalue weighted by Crippen LogP contribution is 2.39. The van der Waals surface area contributed by atoms with Gasteiger partial charge >= 0.3 is 12.7 Å². The number of aromatic nitrogens is 2. The lowest BCUT2D eigenvalue weighted by Crippen LogP contribution is -2.27. The Morgan fingerprint density at radius 2 is 1.65 bits per heavy atom. The molecule has 3 aromatic rings. The van der Waals surface area contributed by atoms with Crippen molar-refractivity contribution in [1.82, 2.24) is 9.97 Å². The Balaban J connectivity index is 1.66. The molecule has 2 heterocycles. The number of thiophene rings is 1. The maximum absolute atomic E-state index is 12.7. The number of alkyl halides is 6. The van der Waals surface area contributed by atoms with Crippen molar-refractivity contribution in [3.63, 3.8) is 0 Å². The Morgan fingerprint density at radius 3 is 2.27 bits per heavy atom. The summed E-state index contributed by atoms with van der Waals surface area (Å²) < 4.78 is 88.9. The van der Waals surface area contributed by atoms with Crippen LogP contribution in [0.5, 0.6) is 11.5 Å². The highest BCUT2D eigenvalue weighted by Gasteiger charge is 2.34. The van der Waals surface area contributed by atoms with Crippen LogP contribution in [0.25, 0.3) is 10.2 Å². The van der Waals surface area contributed by atoms with E-state index in [0.717, 1.165) is 48.3 Å². The van der Waals surface area contributed by atoms with E-state index in [4.69, 9.17) is 4.74 Å². The lowest BCUT2D eigenvalue weighted by atomic mass is 9.97. The van der Waals surface area contributed by atoms with E-state index < -0.39 is 36.8 Å². The molecule has 8 nitrogen and oxygen atoms in total. The average molecular weight is 550 g/mol. The van der Waals surface area contributed by atoms with Crippen LogP contribution in [-0.4, -0.2) is 35.3 Å². The van der Waals surface area contributed by atoms with Crippen LogP contribution < -0.4 is 19.9 Å².